The first-order valence-corrected chi connectivity index (χ1v) is 9.15. The number of anilines is 1. The summed E-state index contributed by atoms with van der Waals surface area (Å²) in [6, 6.07) is 6.79. The summed E-state index contributed by atoms with van der Waals surface area (Å²) in [6.45, 7) is 5.87. The Morgan fingerprint density at radius 1 is 1.23 bits per heavy atom. The summed E-state index contributed by atoms with van der Waals surface area (Å²) < 4.78 is 0. The molecule has 158 valence electrons. The number of rotatable bonds is 9. The number of carbonyl (C=O) groups excluding carboxylic acids is 1. The van der Waals surface area contributed by atoms with Crippen LogP contribution in [0.25, 0.3) is 12.5 Å². The predicted octanol–water partition coefficient (Wildman–Crippen LogP) is 0.0944. The van der Waals surface area contributed by atoms with Gasteiger partial charge in [-0.25, -0.2) is 4.98 Å². The van der Waals surface area contributed by atoms with Gasteiger partial charge >= 0.3 is 5.97 Å². The molecule has 0 fully saturated rings. The van der Waals surface area contributed by atoms with Crippen LogP contribution in [-0.4, -0.2) is 44.4 Å². The van der Waals surface area contributed by atoms with Gasteiger partial charge in [-0.2, -0.15) is 4.99 Å². The lowest BCUT2D eigenvalue weighted by Crippen LogP contribution is -2.33. The molecule has 30 heavy (non-hydrogen) atoms. The van der Waals surface area contributed by atoms with Gasteiger partial charge in [-0.15, -0.1) is 0 Å². The predicted molar refractivity (Wildman–Crippen MR) is 113 cm³/mol. The maximum absolute atomic E-state index is 12.0. The summed E-state index contributed by atoms with van der Waals surface area (Å²) in [5.74, 6) is -1.33. The number of hydrogen-bond donors (Lipinski definition) is 5. The molecule has 0 unspecified atom stereocenters. The van der Waals surface area contributed by atoms with E-state index >= 15 is 0 Å². The molecule has 1 aromatic carbocycles. The molecule has 1 heterocycles. The van der Waals surface area contributed by atoms with Gasteiger partial charge in [-0.3, -0.25) is 14.6 Å². The fourth-order valence-corrected chi connectivity index (χ4v) is 2.41. The van der Waals surface area contributed by atoms with Crippen molar-refractivity contribution in [3.63, 3.8) is 0 Å². The molecule has 6 N–H and O–H groups in total. The van der Waals surface area contributed by atoms with Crippen molar-refractivity contribution in [2.75, 3.05) is 11.9 Å². The monoisotopic (exact) mass is 412 g/mol. The van der Waals surface area contributed by atoms with Gasteiger partial charge in [0.2, 0.25) is 5.88 Å². The number of nitrogens with zero attached hydrogens (tertiary/aromatic N) is 3. The largest absolute Gasteiger partial charge is 0.492 e. The number of carbonyl (C=O) groups is 2. The van der Waals surface area contributed by atoms with E-state index in [-0.39, 0.29) is 34.7 Å². The number of amidine groups is 1. The number of aliphatic hydroxyl groups is 1. The molecule has 1 aromatic heterocycles. The van der Waals surface area contributed by atoms with Crippen molar-refractivity contribution in [3.05, 3.63) is 52.4 Å². The number of aliphatic hydroxyl groups excluding tert-OH is 1. The molecule has 0 radical (unpaired) electrons. The van der Waals surface area contributed by atoms with Crippen molar-refractivity contribution in [1.29, 1.82) is 0 Å². The molecule has 0 bridgehead atoms. The molecular formula is C20H24N6O4. The molecule has 10 nitrogen and oxygen atoms in total. The number of carboxylic acids is 1. The second kappa shape index (κ2) is 10.6. The Labute approximate surface area is 172 Å². The molecule has 0 aliphatic carbocycles. The number of benzene rings is 1. The summed E-state index contributed by atoms with van der Waals surface area (Å²) in [6.07, 6.45) is 1.92. The Bertz CT molecular complexity index is 1050. The van der Waals surface area contributed by atoms with E-state index in [9.17, 15) is 14.7 Å². The second-order valence-electron chi connectivity index (χ2n) is 6.42. The second-order valence-corrected chi connectivity index (χ2v) is 6.42. The molecule has 2 aromatic rings. The van der Waals surface area contributed by atoms with Crippen LogP contribution >= 0.6 is 0 Å². The molecule has 10 heteroatoms. The average molecular weight is 412 g/mol. The highest BCUT2D eigenvalue weighted by atomic mass is 16.4. The van der Waals surface area contributed by atoms with Crippen LogP contribution in [0.15, 0.2) is 35.5 Å². The lowest BCUT2D eigenvalue weighted by Gasteiger charge is -2.08. The van der Waals surface area contributed by atoms with Crippen LogP contribution in [0.3, 0.4) is 0 Å². The van der Waals surface area contributed by atoms with Crippen molar-refractivity contribution in [3.8, 4) is 0 Å². The number of aliphatic imine (C=N–C) groups is 1. The average Bonchev–Trinajstić information content (AvgIpc) is 2.70. The van der Waals surface area contributed by atoms with Crippen LogP contribution in [0.2, 0.25) is 0 Å². The Hall–Kier alpha value is -3.95. The third kappa shape index (κ3) is 6.89. The lowest BCUT2D eigenvalue weighted by atomic mass is 10.2. The summed E-state index contributed by atoms with van der Waals surface area (Å²) in [7, 11) is 0. The highest BCUT2D eigenvalue weighted by molar-refractivity contribution is 5.94. The minimum Gasteiger partial charge on any atom is -0.492 e. The standard InChI is InChI=1S/C20H24N6O4/c1-12-18(20(30)25-13(2)21)26-16(10-23-12)11-24-15-7-5-14(6-8-15)19(29)22-9-3-4-17(27)28/h5-8,10,24,30H,1,3-4,9,11H2,2H3,(H2,21,25)(H,22,29)(H,27,28)/b20-18-. The molecule has 0 atom stereocenters. The molecule has 0 saturated carbocycles. The van der Waals surface area contributed by atoms with Gasteiger partial charge in [0.05, 0.1) is 29.6 Å². The Kier molecular flexibility index (Phi) is 7.86. The smallest absolute Gasteiger partial charge is 0.303 e. The highest BCUT2D eigenvalue weighted by Crippen LogP contribution is 2.10. The van der Waals surface area contributed by atoms with Crippen molar-refractivity contribution in [2.24, 2.45) is 10.7 Å². The van der Waals surface area contributed by atoms with Gasteiger partial charge in [0.1, 0.15) is 0 Å². The van der Waals surface area contributed by atoms with E-state index in [1.807, 2.05) is 0 Å². The van der Waals surface area contributed by atoms with E-state index < -0.39 is 5.97 Å². The third-order valence-electron chi connectivity index (χ3n) is 3.87. The van der Waals surface area contributed by atoms with Gasteiger partial charge in [0.25, 0.3) is 5.91 Å². The van der Waals surface area contributed by atoms with E-state index in [1.54, 1.807) is 24.3 Å². The van der Waals surface area contributed by atoms with Crippen molar-refractivity contribution in [1.82, 2.24) is 15.3 Å². The Morgan fingerprint density at radius 3 is 2.57 bits per heavy atom. The van der Waals surface area contributed by atoms with Crippen molar-refractivity contribution < 1.29 is 19.8 Å². The maximum atomic E-state index is 12.0. The van der Waals surface area contributed by atoms with E-state index in [0.717, 1.165) is 5.69 Å². The van der Waals surface area contributed by atoms with Crippen molar-refractivity contribution in [2.45, 2.75) is 26.3 Å². The van der Waals surface area contributed by atoms with E-state index in [4.69, 9.17) is 10.8 Å². The van der Waals surface area contributed by atoms with Gasteiger partial charge in [0, 0.05) is 24.2 Å². The number of nitrogens with one attached hydrogen (secondary N) is 2. The highest BCUT2D eigenvalue weighted by Gasteiger charge is 2.06. The van der Waals surface area contributed by atoms with Crippen LogP contribution in [0.4, 0.5) is 5.69 Å². The SMILES string of the molecule is C=c1ncc(CNc2ccc(C(=O)NCCCC(=O)O)cc2)n/c1=C(O)/N=C(\C)N. The number of carboxylic acid groups (broad SMARTS) is 1. The van der Waals surface area contributed by atoms with Gasteiger partial charge < -0.3 is 26.6 Å². The molecule has 0 aliphatic heterocycles. The van der Waals surface area contributed by atoms with Crippen LogP contribution in [0, 0.1) is 0 Å². The summed E-state index contributed by atoms with van der Waals surface area (Å²) in [5.41, 5.74) is 7.24. The quantitative estimate of drug-likeness (QED) is 0.220. The molecular weight excluding hydrogens is 388 g/mol. The number of aromatic nitrogens is 2. The normalized spacial score (nSPS) is 12.2. The zero-order valence-corrected chi connectivity index (χ0v) is 16.6. The van der Waals surface area contributed by atoms with E-state index in [1.165, 1.54) is 13.1 Å². The topological polar surface area (TPSA) is 163 Å². The zero-order chi connectivity index (χ0) is 22.1. The minimum atomic E-state index is -0.892. The first-order chi connectivity index (χ1) is 14.3. The van der Waals surface area contributed by atoms with Gasteiger partial charge in [-0.05, 0) is 37.6 Å². The Morgan fingerprint density at radius 2 is 1.93 bits per heavy atom. The number of amides is 1. The van der Waals surface area contributed by atoms with Crippen LogP contribution in [-0.2, 0) is 11.3 Å². The first-order valence-electron chi connectivity index (χ1n) is 9.15. The number of hydrogen-bond acceptors (Lipinski definition) is 7. The van der Waals surface area contributed by atoms with Crippen LogP contribution in [0.1, 0.15) is 35.8 Å². The van der Waals surface area contributed by atoms with Crippen LogP contribution in [0.5, 0.6) is 0 Å². The number of aliphatic carboxylic acids is 1. The summed E-state index contributed by atoms with van der Waals surface area (Å²) in [4.78, 5) is 34.7. The number of nitrogens with two attached hydrogens (primary N) is 1. The van der Waals surface area contributed by atoms with Gasteiger partial charge in [0.15, 0.2) is 5.35 Å². The molecule has 0 spiro atoms. The summed E-state index contributed by atoms with van der Waals surface area (Å²) >= 11 is 0. The minimum absolute atomic E-state index is 0.0104. The summed E-state index contributed by atoms with van der Waals surface area (Å²) in [5, 5.41) is 24.8. The van der Waals surface area contributed by atoms with Crippen LogP contribution < -0.4 is 27.1 Å². The molecule has 1 amide bonds. The molecule has 0 saturated heterocycles. The first kappa shape index (κ1) is 22.3. The van der Waals surface area contributed by atoms with Crippen molar-refractivity contribution >= 4 is 35.9 Å². The third-order valence-corrected chi connectivity index (χ3v) is 3.87. The fourth-order valence-electron chi connectivity index (χ4n) is 2.41. The fraction of sp³-hybridized carbons (Fsp3) is 0.250. The Balaban J connectivity index is 1.99. The maximum Gasteiger partial charge on any atom is 0.303 e. The molecule has 0 aliphatic rings. The molecule has 2 rings (SSSR count). The van der Waals surface area contributed by atoms with E-state index in [0.29, 0.717) is 30.8 Å². The van der Waals surface area contributed by atoms with Gasteiger partial charge in [-0.1, -0.05) is 6.58 Å². The lowest BCUT2D eigenvalue weighted by molar-refractivity contribution is -0.137. The zero-order valence-electron chi connectivity index (χ0n) is 16.6. The van der Waals surface area contributed by atoms with E-state index in [2.05, 4.69) is 32.2 Å².